The number of benzene rings is 1. The molecule has 0 bridgehead atoms. The topological polar surface area (TPSA) is 53.1 Å². The Morgan fingerprint density at radius 1 is 0.967 bits per heavy atom. The van der Waals surface area contributed by atoms with Crippen molar-refractivity contribution in [1.29, 1.82) is 0 Å². The Bertz CT molecular complexity index is 737. The van der Waals surface area contributed by atoms with Crippen molar-refractivity contribution < 1.29 is 14.3 Å². The van der Waals surface area contributed by atoms with Gasteiger partial charge in [-0.2, -0.15) is 0 Å². The number of piperazine rings is 1. The fourth-order valence-corrected chi connectivity index (χ4v) is 5.54. The number of nitrogens with zero attached hydrogens (tertiary/aromatic N) is 3. The summed E-state index contributed by atoms with van der Waals surface area (Å²) in [5, 5.41) is 0. The normalized spacial score (nSPS) is 26.7. The molecule has 1 aliphatic carbocycles. The zero-order chi connectivity index (χ0) is 21.1. The summed E-state index contributed by atoms with van der Waals surface area (Å²) in [5.41, 5.74) is 1.01. The van der Waals surface area contributed by atoms with Gasteiger partial charge in [-0.15, -0.1) is 0 Å². The molecule has 0 radical (unpaired) electrons. The lowest BCUT2D eigenvalue weighted by molar-refractivity contribution is -0.148. The van der Waals surface area contributed by atoms with Gasteiger partial charge in [-0.1, -0.05) is 31.4 Å². The number of amides is 2. The van der Waals surface area contributed by atoms with Crippen LogP contribution in [-0.2, 0) is 9.59 Å². The fourth-order valence-electron chi connectivity index (χ4n) is 5.54. The SMILES string of the molecule is COc1ccc([C@H]2[C@H](C(=O)N3CCN(C4CCCCC4)CC3)CCC(=O)N2C)cc1. The van der Waals surface area contributed by atoms with Gasteiger partial charge in [0.25, 0.3) is 0 Å². The molecule has 164 valence electrons. The minimum atomic E-state index is -0.207. The molecule has 2 aliphatic heterocycles. The molecule has 6 nitrogen and oxygen atoms in total. The molecule has 0 aromatic heterocycles. The maximum Gasteiger partial charge on any atom is 0.228 e. The number of hydrogen-bond acceptors (Lipinski definition) is 4. The summed E-state index contributed by atoms with van der Waals surface area (Å²) in [5.74, 6) is 0.924. The zero-order valence-corrected chi connectivity index (χ0v) is 18.4. The first-order valence-corrected chi connectivity index (χ1v) is 11.5. The van der Waals surface area contributed by atoms with E-state index in [1.165, 1.54) is 32.1 Å². The predicted molar refractivity (Wildman–Crippen MR) is 116 cm³/mol. The van der Waals surface area contributed by atoms with Crippen molar-refractivity contribution in [3.8, 4) is 5.75 Å². The van der Waals surface area contributed by atoms with E-state index in [1.54, 1.807) is 12.0 Å². The van der Waals surface area contributed by atoms with Crippen LogP contribution >= 0.6 is 0 Å². The standard InChI is InChI=1S/C24H35N3O3/c1-25-22(28)13-12-21(23(25)18-8-10-20(30-2)11-9-18)24(29)27-16-14-26(15-17-27)19-6-4-3-5-7-19/h8-11,19,21,23H,3-7,12-17H2,1-2H3/t21-,23+/m1/s1. The maximum absolute atomic E-state index is 13.5. The molecule has 1 aromatic rings. The Morgan fingerprint density at radius 2 is 1.63 bits per heavy atom. The van der Waals surface area contributed by atoms with E-state index in [2.05, 4.69) is 4.90 Å². The second kappa shape index (κ2) is 9.38. The van der Waals surface area contributed by atoms with E-state index in [4.69, 9.17) is 4.74 Å². The molecule has 2 atom stereocenters. The van der Waals surface area contributed by atoms with Gasteiger partial charge in [0.05, 0.1) is 19.1 Å². The third kappa shape index (κ3) is 4.34. The molecule has 3 fully saturated rings. The molecule has 30 heavy (non-hydrogen) atoms. The van der Waals surface area contributed by atoms with Gasteiger partial charge in [-0.3, -0.25) is 14.5 Å². The van der Waals surface area contributed by atoms with Crippen molar-refractivity contribution in [2.75, 3.05) is 40.3 Å². The Labute approximate surface area is 180 Å². The summed E-state index contributed by atoms with van der Waals surface area (Å²) < 4.78 is 5.27. The van der Waals surface area contributed by atoms with Crippen LogP contribution in [0.1, 0.15) is 56.6 Å². The Morgan fingerprint density at radius 3 is 2.27 bits per heavy atom. The van der Waals surface area contributed by atoms with Gasteiger partial charge in [-0.05, 0) is 37.0 Å². The fraction of sp³-hybridized carbons (Fsp3) is 0.667. The van der Waals surface area contributed by atoms with Crippen molar-refractivity contribution in [1.82, 2.24) is 14.7 Å². The molecule has 4 rings (SSSR count). The van der Waals surface area contributed by atoms with Gasteiger partial charge in [0, 0.05) is 45.7 Å². The first kappa shape index (κ1) is 21.2. The minimum absolute atomic E-state index is 0.113. The number of likely N-dealkylation sites (tertiary alicyclic amines) is 1. The van der Waals surface area contributed by atoms with Crippen molar-refractivity contribution in [3.63, 3.8) is 0 Å². The Kier molecular flexibility index (Phi) is 6.61. The number of ether oxygens (including phenoxy) is 1. The number of carbonyl (C=O) groups excluding carboxylic acids is 2. The van der Waals surface area contributed by atoms with Gasteiger partial charge in [-0.25, -0.2) is 0 Å². The molecule has 0 spiro atoms. The van der Waals surface area contributed by atoms with Gasteiger partial charge >= 0.3 is 0 Å². The maximum atomic E-state index is 13.5. The van der Waals surface area contributed by atoms with Crippen LogP contribution in [-0.4, -0.2) is 72.9 Å². The van der Waals surface area contributed by atoms with E-state index < -0.39 is 0 Å². The third-order valence-electron chi connectivity index (χ3n) is 7.35. The van der Waals surface area contributed by atoms with E-state index in [0.717, 1.165) is 37.5 Å². The first-order chi connectivity index (χ1) is 14.6. The summed E-state index contributed by atoms with van der Waals surface area (Å²) in [6.07, 6.45) is 7.75. The third-order valence-corrected chi connectivity index (χ3v) is 7.35. The van der Waals surface area contributed by atoms with Crippen LogP contribution in [0.25, 0.3) is 0 Å². The Balaban J connectivity index is 1.45. The highest BCUT2D eigenvalue weighted by Gasteiger charge is 2.41. The number of hydrogen-bond donors (Lipinski definition) is 0. The molecule has 2 heterocycles. The first-order valence-electron chi connectivity index (χ1n) is 11.5. The average Bonchev–Trinajstić information content (AvgIpc) is 2.81. The molecule has 6 heteroatoms. The summed E-state index contributed by atoms with van der Waals surface area (Å²) in [6, 6.07) is 8.29. The highest BCUT2D eigenvalue weighted by molar-refractivity contribution is 5.85. The molecular weight excluding hydrogens is 378 g/mol. The van der Waals surface area contributed by atoms with Crippen LogP contribution in [0.15, 0.2) is 24.3 Å². The monoisotopic (exact) mass is 413 g/mol. The number of piperidine rings is 1. The van der Waals surface area contributed by atoms with Gasteiger partial charge in [0.1, 0.15) is 5.75 Å². The largest absolute Gasteiger partial charge is 0.497 e. The van der Waals surface area contributed by atoms with Crippen LogP contribution in [0, 0.1) is 5.92 Å². The average molecular weight is 414 g/mol. The number of methoxy groups -OCH3 is 1. The van der Waals surface area contributed by atoms with Crippen LogP contribution in [0.3, 0.4) is 0 Å². The molecule has 0 unspecified atom stereocenters. The molecule has 2 amide bonds. The van der Waals surface area contributed by atoms with Crippen LogP contribution in [0.4, 0.5) is 0 Å². The van der Waals surface area contributed by atoms with Gasteiger partial charge in [0.15, 0.2) is 0 Å². The van der Waals surface area contributed by atoms with Crippen molar-refractivity contribution in [2.45, 2.75) is 57.0 Å². The van der Waals surface area contributed by atoms with Gasteiger partial charge in [0.2, 0.25) is 11.8 Å². The van der Waals surface area contributed by atoms with Crippen LogP contribution in [0.2, 0.25) is 0 Å². The number of carbonyl (C=O) groups is 2. The molecule has 0 N–H and O–H groups in total. The lowest BCUT2D eigenvalue weighted by Crippen LogP contribution is -2.55. The van der Waals surface area contributed by atoms with E-state index in [-0.39, 0.29) is 23.8 Å². The summed E-state index contributed by atoms with van der Waals surface area (Å²) in [6.45, 7) is 3.56. The second-order valence-corrected chi connectivity index (χ2v) is 9.02. The van der Waals surface area contributed by atoms with Crippen molar-refractivity contribution >= 4 is 11.8 Å². The number of rotatable bonds is 4. The smallest absolute Gasteiger partial charge is 0.228 e. The van der Waals surface area contributed by atoms with Crippen molar-refractivity contribution in [2.24, 2.45) is 5.92 Å². The van der Waals surface area contributed by atoms with E-state index in [0.29, 0.717) is 18.9 Å². The van der Waals surface area contributed by atoms with E-state index in [1.807, 2.05) is 36.2 Å². The molecular formula is C24H35N3O3. The zero-order valence-electron chi connectivity index (χ0n) is 18.4. The van der Waals surface area contributed by atoms with Crippen LogP contribution in [0.5, 0.6) is 5.75 Å². The molecule has 3 aliphatic rings. The minimum Gasteiger partial charge on any atom is -0.497 e. The van der Waals surface area contributed by atoms with Crippen molar-refractivity contribution in [3.05, 3.63) is 29.8 Å². The highest BCUT2D eigenvalue weighted by Crippen LogP contribution is 2.37. The highest BCUT2D eigenvalue weighted by atomic mass is 16.5. The predicted octanol–water partition coefficient (Wildman–Crippen LogP) is 3.08. The quantitative estimate of drug-likeness (QED) is 0.761. The summed E-state index contributed by atoms with van der Waals surface area (Å²) >= 11 is 0. The van der Waals surface area contributed by atoms with Gasteiger partial charge < -0.3 is 14.5 Å². The Hall–Kier alpha value is -2.08. The second-order valence-electron chi connectivity index (χ2n) is 9.02. The van der Waals surface area contributed by atoms with Crippen LogP contribution < -0.4 is 4.74 Å². The van der Waals surface area contributed by atoms with E-state index >= 15 is 0 Å². The molecule has 1 aromatic carbocycles. The summed E-state index contributed by atoms with van der Waals surface area (Å²) in [4.78, 5) is 32.4. The lowest BCUT2D eigenvalue weighted by atomic mass is 9.83. The molecule has 1 saturated carbocycles. The lowest BCUT2D eigenvalue weighted by Gasteiger charge is -2.44. The summed E-state index contributed by atoms with van der Waals surface area (Å²) in [7, 11) is 3.47. The van der Waals surface area contributed by atoms with E-state index in [9.17, 15) is 9.59 Å². The molecule has 2 saturated heterocycles.